The third kappa shape index (κ3) is 1.60. The first-order chi connectivity index (χ1) is 12.3. The zero-order valence-corrected chi connectivity index (χ0v) is 18.9. The number of pyridine rings is 1. The molecule has 27 heavy (non-hydrogen) atoms. The Labute approximate surface area is 165 Å². The van der Waals surface area contributed by atoms with Crippen LogP contribution in [0.2, 0.25) is 0 Å². The quantitative estimate of drug-likeness (QED) is 0.539. The molecule has 1 aromatic carbocycles. The summed E-state index contributed by atoms with van der Waals surface area (Å²) < 4.78 is 2.24. The normalized spacial score (nSPS) is 31.8. The third-order valence-corrected chi connectivity index (χ3v) is 10.4. The number of fused-ring (bicyclic) bond motifs is 5. The van der Waals surface area contributed by atoms with Gasteiger partial charge in [0.1, 0.15) is 7.05 Å². The summed E-state index contributed by atoms with van der Waals surface area (Å²) >= 11 is 0. The lowest BCUT2D eigenvalue weighted by Crippen LogP contribution is -2.50. The van der Waals surface area contributed by atoms with Crippen molar-refractivity contribution in [1.29, 1.82) is 0 Å². The van der Waals surface area contributed by atoms with E-state index in [1.54, 1.807) is 11.1 Å². The molecule has 2 atom stereocenters. The average molecular weight is 363 g/mol. The van der Waals surface area contributed by atoms with Crippen LogP contribution in [-0.2, 0) is 17.9 Å². The van der Waals surface area contributed by atoms with Gasteiger partial charge in [0.15, 0.2) is 6.20 Å². The number of aromatic nitrogens is 1. The highest BCUT2D eigenvalue weighted by atomic mass is 14.9. The maximum atomic E-state index is 2.55. The molecule has 2 aliphatic carbocycles. The van der Waals surface area contributed by atoms with Gasteiger partial charge in [0, 0.05) is 28.5 Å². The van der Waals surface area contributed by atoms with Crippen LogP contribution in [0.4, 0.5) is 0 Å². The van der Waals surface area contributed by atoms with Gasteiger partial charge >= 0.3 is 0 Å². The number of rotatable bonds is 1. The summed E-state index contributed by atoms with van der Waals surface area (Å²) in [6.45, 7) is 22.5. The Hall–Kier alpha value is -1.63. The first-order valence-electron chi connectivity index (χ1n) is 10.4. The first-order valence-corrected chi connectivity index (χ1v) is 10.4. The Morgan fingerprint density at radius 1 is 0.704 bits per heavy atom. The molecule has 1 saturated carbocycles. The van der Waals surface area contributed by atoms with E-state index >= 15 is 0 Å². The number of benzene rings is 1. The molecule has 1 nitrogen and oxygen atoms in total. The van der Waals surface area contributed by atoms with Gasteiger partial charge in [-0.05, 0) is 52.0 Å². The van der Waals surface area contributed by atoms with Crippen molar-refractivity contribution in [2.24, 2.45) is 23.3 Å². The van der Waals surface area contributed by atoms with E-state index in [4.69, 9.17) is 0 Å². The number of hydrogen-bond donors (Lipinski definition) is 0. The summed E-state index contributed by atoms with van der Waals surface area (Å²) in [6, 6.07) is 11.3. The second kappa shape index (κ2) is 4.85. The highest BCUT2D eigenvalue weighted by Crippen LogP contribution is 2.83. The zero-order chi connectivity index (χ0) is 20.2. The molecule has 0 radical (unpaired) electrons. The number of hydrogen-bond acceptors (Lipinski definition) is 0. The van der Waals surface area contributed by atoms with Gasteiger partial charge in [0.2, 0.25) is 5.69 Å². The lowest BCUT2D eigenvalue weighted by atomic mass is 9.49. The van der Waals surface area contributed by atoms with Gasteiger partial charge in [-0.15, -0.1) is 0 Å². The van der Waals surface area contributed by atoms with Crippen molar-refractivity contribution in [3.05, 3.63) is 53.2 Å². The van der Waals surface area contributed by atoms with Crippen LogP contribution in [0.1, 0.15) is 72.1 Å². The van der Waals surface area contributed by atoms with Crippen LogP contribution < -0.4 is 4.57 Å². The topological polar surface area (TPSA) is 3.88 Å². The monoisotopic (exact) mass is 362 g/mol. The minimum absolute atomic E-state index is 0.126. The Bertz CT molecular complexity index is 962. The molecule has 4 rings (SSSR count). The standard InChI is InChI=1S/C26H36N/c1-17-18(20-13-11-12-16-27(20)10)14-15-19-21(17)26(9)23(4,5)22(2,3)25(19,8)24(26,6)7/h11-16H,1-10H3/q+1. The molecule has 2 bridgehead atoms. The zero-order valence-electron chi connectivity index (χ0n) is 18.9. The van der Waals surface area contributed by atoms with Crippen molar-refractivity contribution in [3.63, 3.8) is 0 Å². The molecule has 1 heteroatoms. The molecule has 1 heterocycles. The molecule has 0 N–H and O–H groups in total. The molecule has 0 amide bonds. The van der Waals surface area contributed by atoms with E-state index in [0.29, 0.717) is 0 Å². The molecule has 1 fully saturated rings. The van der Waals surface area contributed by atoms with Gasteiger partial charge in [0.25, 0.3) is 0 Å². The molecule has 2 aliphatic rings. The minimum atomic E-state index is 0.126. The van der Waals surface area contributed by atoms with Gasteiger partial charge < -0.3 is 0 Å². The van der Waals surface area contributed by atoms with Crippen LogP contribution in [0.5, 0.6) is 0 Å². The van der Waals surface area contributed by atoms with E-state index in [-0.39, 0.29) is 27.1 Å². The Kier molecular flexibility index (Phi) is 3.36. The fraction of sp³-hybridized carbons (Fsp3) is 0.577. The van der Waals surface area contributed by atoms with Crippen LogP contribution in [0, 0.1) is 23.2 Å². The van der Waals surface area contributed by atoms with E-state index in [1.165, 1.54) is 16.8 Å². The molecular formula is C26H36N+. The lowest BCUT2D eigenvalue weighted by molar-refractivity contribution is -0.660. The van der Waals surface area contributed by atoms with Crippen molar-refractivity contribution in [3.8, 4) is 11.3 Å². The first kappa shape index (κ1) is 18.7. The number of aryl methyl sites for hydroxylation is 1. The maximum Gasteiger partial charge on any atom is 0.212 e. The fourth-order valence-electron chi connectivity index (χ4n) is 7.46. The molecule has 0 saturated heterocycles. The summed E-state index contributed by atoms with van der Waals surface area (Å²) in [4.78, 5) is 0. The van der Waals surface area contributed by atoms with E-state index in [1.807, 2.05) is 0 Å². The van der Waals surface area contributed by atoms with Crippen molar-refractivity contribution in [2.75, 3.05) is 0 Å². The third-order valence-electron chi connectivity index (χ3n) is 10.4. The molecule has 144 valence electrons. The van der Waals surface area contributed by atoms with Crippen molar-refractivity contribution < 1.29 is 4.57 Å². The fourth-order valence-corrected chi connectivity index (χ4v) is 7.46. The Morgan fingerprint density at radius 3 is 1.89 bits per heavy atom. The summed E-state index contributed by atoms with van der Waals surface area (Å²) in [5, 5.41) is 0. The van der Waals surface area contributed by atoms with E-state index in [0.717, 1.165) is 0 Å². The van der Waals surface area contributed by atoms with Gasteiger partial charge in [-0.2, -0.15) is 0 Å². The van der Waals surface area contributed by atoms with E-state index in [2.05, 4.69) is 110 Å². The molecular weight excluding hydrogens is 326 g/mol. The predicted octanol–water partition coefficient (Wildman–Crippen LogP) is 6.11. The van der Waals surface area contributed by atoms with Gasteiger partial charge in [0.05, 0.1) is 0 Å². The molecule has 0 aliphatic heterocycles. The van der Waals surface area contributed by atoms with Gasteiger partial charge in [-0.25, -0.2) is 4.57 Å². The van der Waals surface area contributed by atoms with Crippen LogP contribution in [0.15, 0.2) is 36.5 Å². The van der Waals surface area contributed by atoms with Crippen molar-refractivity contribution >= 4 is 0 Å². The van der Waals surface area contributed by atoms with Crippen LogP contribution in [0.3, 0.4) is 0 Å². The smallest absolute Gasteiger partial charge is 0.201 e. The highest BCUT2D eigenvalue weighted by Gasteiger charge is 2.80. The highest BCUT2D eigenvalue weighted by molar-refractivity contribution is 5.71. The molecule has 0 spiro atoms. The van der Waals surface area contributed by atoms with E-state index in [9.17, 15) is 0 Å². The summed E-state index contributed by atoms with van der Waals surface area (Å²) in [7, 11) is 2.15. The summed E-state index contributed by atoms with van der Waals surface area (Å²) in [5.74, 6) is 0. The van der Waals surface area contributed by atoms with Crippen LogP contribution >= 0.6 is 0 Å². The molecule has 1 aromatic heterocycles. The van der Waals surface area contributed by atoms with Gasteiger partial charge in [-0.1, -0.05) is 61.5 Å². The number of nitrogens with zero attached hydrogens (tertiary/aromatic N) is 1. The second-order valence-corrected chi connectivity index (χ2v) is 11.0. The SMILES string of the molecule is Cc1c(-c2cccc[n+]2C)ccc2c1C1(C)C(C)(C)C(C)(C)C2(C)C1(C)C. The molecule has 2 unspecified atom stereocenters. The van der Waals surface area contributed by atoms with Crippen molar-refractivity contribution in [1.82, 2.24) is 0 Å². The van der Waals surface area contributed by atoms with E-state index < -0.39 is 0 Å². The summed E-state index contributed by atoms with van der Waals surface area (Å²) in [6.07, 6.45) is 2.15. The van der Waals surface area contributed by atoms with Crippen LogP contribution in [0.25, 0.3) is 11.3 Å². The average Bonchev–Trinajstić information content (AvgIpc) is 2.76. The van der Waals surface area contributed by atoms with Crippen LogP contribution in [-0.4, -0.2) is 0 Å². The lowest BCUT2D eigenvalue weighted by Gasteiger charge is -2.54. The molecule has 2 aromatic rings. The van der Waals surface area contributed by atoms with Gasteiger partial charge in [-0.3, -0.25) is 0 Å². The second-order valence-electron chi connectivity index (χ2n) is 11.0. The Balaban J connectivity index is 2.12. The maximum absolute atomic E-state index is 2.55. The largest absolute Gasteiger partial charge is 0.212 e. The summed E-state index contributed by atoms with van der Waals surface area (Å²) in [5.41, 5.74) is 8.22. The Morgan fingerprint density at radius 2 is 1.30 bits per heavy atom. The predicted molar refractivity (Wildman–Crippen MR) is 114 cm³/mol. The minimum Gasteiger partial charge on any atom is -0.201 e. The van der Waals surface area contributed by atoms with Crippen molar-refractivity contribution in [2.45, 2.75) is 73.1 Å².